The van der Waals surface area contributed by atoms with Crippen molar-refractivity contribution in [2.24, 2.45) is 0 Å². The van der Waals surface area contributed by atoms with Gasteiger partial charge in [-0.3, -0.25) is 4.79 Å². The first kappa shape index (κ1) is 17.0. The molecule has 1 atom stereocenters. The molecule has 0 aliphatic heterocycles. The molecule has 0 heterocycles. The molecular formula is C18H17ClN2O2. The Morgan fingerprint density at radius 2 is 2.00 bits per heavy atom. The van der Waals surface area contributed by atoms with E-state index in [2.05, 4.69) is 5.32 Å². The number of halogens is 1. The van der Waals surface area contributed by atoms with Crippen molar-refractivity contribution in [3.05, 3.63) is 64.7 Å². The molecule has 1 unspecified atom stereocenters. The predicted octanol–water partition coefficient (Wildman–Crippen LogP) is 3.84. The monoisotopic (exact) mass is 328 g/mol. The van der Waals surface area contributed by atoms with Gasteiger partial charge in [-0.05, 0) is 30.2 Å². The van der Waals surface area contributed by atoms with Gasteiger partial charge in [0.05, 0.1) is 6.07 Å². The van der Waals surface area contributed by atoms with Gasteiger partial charge in [-0.2, -0.15) is 5.26 Å². The van der Waals surface area contributed by atoms with E-state index in [1.165, 1.54) is 0 Å². The normalized spacial score (nSPS) is 13.0. The lowest BCUT2D eigenvalue weighted by Gasteiger charge is -2.30. The van der Waals surface area contributed by atoms with Crippen LogP contribution in [0.2, 0.25) is 5.02 Å². The fourth-order valence-corrected chi connectivity index (χ4v) is 2.67. The second kappa shape index (κ2) is 7.28. The summed E-state index contributed by atoms with van der Waals surface area (Å²) in [6, 6.07) is 15.9. The van der Waals surface area contributed by atoms with Gasteiger partial charge in [0.1, 0.15) is 12.0 Å². The van der Waals surface area contributed by atoms with Crippen LogP contribution in [0.25, 0.3) is 0 Å². The second-order valence-corrected chi connectivity index (χ2v) is 5.59. The zero-order chi connectivity index (χ0) is 16.9. The lowest BCUT2D eigenvalue weighted by Crippen LogP contribution is -2.28. The SMILES string of the molecule is CCC(O)(c1ccccc1)c1cc(Cl)ccc1NC(=O)CC#N. The van der Waals surface area contributed by atoms with Crippen molar-refractivity contribution < 1.29 is 9.90 Å². The third-order valence-corrected chi connectivity index (χ3v) is 3.94. The first-order chi connectivity index (χ1) is 11.0. The summed E-state index contributed by atoms with van der Waals surface area (Å²) in [5.41, 5.74) is 0.370. The molecule has 4 nitrogen and oxygen atoms in total. The van der Waals surface area contributed by atoms with Crippen LogP contribution in [0.15, 0.2) is 48.5 Å². The molecule has 23 heavy (non-hydrogen) atoms. The molecular weight excluding hydrogens is 312 g/mol. The average molecular weight is 329 g/mol. The van der Waals surface area contributed by atoms with E-state index in [0.29, 0.717) is 28.3 Å². The predicted molar refractivity (Wildman–Crippen MR) is 90.0 cm³/mol. The van der Waals surface area contributed by atoms with Crippen molar-refractivity contribution in [2.45, 2.75) is 25.4 Å². The molecule has 2 N–H and O–H groups in total. The van der Waals surface area contributed by atoms with Crippen LogP contribution in [-0.4, -0.2) is 11.0 Å². The summed E-state index contributed by atoms with van der Waals surface area (Å²) >= 11 is 6.09. The fraction of sp³-hybridized carbons (Fsp3) is 0.222. The standard InChI is InChI=1S/C18H17ClN2O2/c1-2-18(23,13-6-4-3-5-7-13)15-12-14(19)8-9-16(15)21-17(22)10-11-20/h3-9,12,23H,2,10H2,1H3,(H,21,22). The number of aliphatic hydroxyl groups is 1. The summed E-state index contributed by atoms with van der Waals surface area (Å²) in [6.07, 6.45) is 0.149. The van der Waals surface area contributed by atoms with Crippen LogP contribution in [-0.2, 0) is 10.4 Å². The van der Waals surface area contributed by atoms with Crippen LogP contribution in [0.3, 0.4) is 0 Å². The van der Waals surface area contributed by atoms with Crippen molar-refractivity contribution in [3.8, 4) is 6.07 Å². The number of hydrogen-bond acceptors (Lipinski definition) is 3. The molecule has 5 heteroatoms. The van der Waals surface area contributed by atoms with Gasteiger partial charge in [0.15, 0.2) is 0 Å². The minimum Gasteiger partial charge on any atom is -0.380 e. The van der Waals surface area contributed by atoms with Gasteiger partial charge in [0.2, 0.25) is 5.91 Å². The van der Waals surface area contributed by atoms with Crippen molar-refractivity contribution in [2.75, 3.05) is 5.32 Å². The molecule has 2 rings (SSSR count). The number of hydrogen-bond donors (Lipinski definition) is 2. The number of benzene rings is 2. The molecule has 2 aromatic carbocycles. The van der Waals surface area contributed by atoms with Crippen LogP contribution in [0.1, 0.15) is 30.9 Å². The highest BCUT2D eigenvalue weighted by atomic mass is 35.5. The maximum Gasteiger partial charge on any atom is 0.238 e. The molecule has 1 amide bonds. The van der Waals surface area contributed by atoms with E-state index in [1.54, 1.807) is 24.3 Å². The minimum absolute atomic E-state index is 0.252. The Bertz CT molecular complexity index is 740. The fourth-order valence-electron chi connectivity index (χ4n) is 2.50. The maximum absolute atomic E-state index is 11.8. The Kier molecular flexibility index (Phi) is 5.38. The number of carbonyl (C=O) groups excluding carboxylic acids is 1. The topological polar surface area (TPSA) is 73.1 Å². The summed E-state index contributed by atoms with van der Waals surface area (Å²) in [5.74, 6) is -0.428. The van der Waals surface area contributed by atoms with Crippen LogP contribution in [0.5, 0.6) is 0 Å². The number of anilines is 1. The van der Waals surface area contributed by atoms with Crippen molar-refractivity contribution in [3.63, 3.8) is 0 Å². The molecule has 0 saturated heterocycles. The van der Waals surface area contributed by atoms with E-state index >= 15 is 0 Å². The highest BCUT2D eigenvalue weighted by Gasteiger charge is 2.32. The third-order valence-electron chi connectivity index (χ3n) is 3.70. The number of amides is 1. The Morgan fingerprint density at radius 3 is 2.61 bits per heavy atom. The van der Waals surface area contributed by atoms with E-state index in [9.17, 15) is 9.90 Å². The molecule has 0 spiro atoms. The smallest absolute Gasteiger partial charge is 0.238 e. The van der Waals surface area contributed by atoms with E-state index in [1.807, 2.05) is 37.3 Å². The molecule has 0 aliphatic rings. The van der Waals surface area contributed by atoms with Gasteiger partial charge in [-0.1, -0.05) is 48.9 Å². The highest BCUT2D eigenvalue weighted by Crippen LogP contribution is 2.38. The number of nitriles is 1. The Hall–Kier alpha value is -2.35. The molecule has 0 saturated carbocycles. The van der Waals surface area contributed by atoms with Crippen molar-refractivity contribution in [1.82, 2.24) is 0 Å². The summed E-state index contributed by atoms with van der Waals surface area (Å²) in [6.45, 7) is 1.86. The molecule has 0 radical (unpaired) electrons. The van der Waals surface area contributed by atoms with E-state index in [4.69, 9.17) is 16.9 Å². The lowest BCUT2D eigenvalue weighted by molar-refractivity contribution is -0.115. The highest BCUT2D eigenvalue weighted by molar-refractivity contribution is 6.30. The quantitative estimate of drug-likeness (QED) is 0.875. The molecule has 0 bridgehead atoms. The second-order valence-electron chi connectivity index (χ2n) is 5.15. The van der Waals surface area contributed by atoms with E-state index in [-0.39, 0.29) is 6.42 Å². The Labute approximate surface area is 140 Å². The van der Waals surface area contributed by atoms with Gasteiger partial charge >= 0.3 is 0 Å². The number of carbonyl (C=O) groups is 1. The zero-order valence-electron chi connectivity index (χ0n) is 12.7. The van der Waals surface area contributed by atoms with Gasteiger partial charge in [0.25, 0.3) is 0 Å². The van der Waals surface area contributed by atoms with E-state index < -0.39 is 11.5 Å². The lowest BCUT2D eigenvalue weighted by atomic mass is 9.83. The van der Waals surface area contributed by atoms with Crippen LogP contribution in [0, 0.1) is 11.3 Å². The molecule has 2 aromatic rings. The summed E-state index contributed by atoms with van der Waals surface area (Å²) in [7, 11) is 0. The van der Waals surface area contributed by atoms with Crippen LogP contribution >= 0.6 is 11.6 Å². The molecule has 118 valence electrons. The average Bonchev–Trinajstić information content (AvgIpc) is 2.57. The largest absolute Gasteiger partial charge is 0.380 e. The summed E-state index contributed by atoms with van der Waals surface area (Å²) < 4.78 is 0. The molecule has 0 aliphatic carbocycles. The number of nitrogens with zero attached hydrogens (tertiary/aromatic N) is 1. The first-order valence-corrected chi connectivity index (χ1v) is 7.63. The van der Waals surface area contributed by atoms with E-state index in [0.717, 1.165) is 0 Å². The number of nitrogens with one attached hydrogen (secondary N) is 1. The van der Waals surface area contributed by atoms with Gasteiger partial charge in [-0.25, -0.2) is 0 Å². The van der Waals surface area contributed by atoms with Gasteiger partial charge in [-0.15, -0.1) is 0 Å². The minimum atomic E-state index is -1.29. The van der Waals surface area contributed by atoms with Crippen LogP contribution in [0.4, 0.5) is 5.69 Å². The maximum atomic E-state index is 11.8. The van der Waals surface area contributed by atoms with Gasteiger partial charge in [0, 0.05) is 16.3 Å². The zero-order valence-corrected chi connectivity index (χ0v) is 13.5. The summed E-state index contributed by atoms with van der Waals surface area (Å²) in [5, 5.41) is 23.0. The Morgan fingerprint density at radius 1 is 1.30 bits per heavy atom. The van der Waals surface area contributed by atoms with Gasteiger partial charge < -0.3 is 10.4 Å². The summed E-state index contributed by atoms with van der Waals surface area (Å²) in [4.78, 5) is 11.8. The molecule has 0 fully saturated rings. The van der Waals surface area contributed by atoms with Crippen molar-refractivity contribution >= 4 is 23.2 Å². The first-order valence-electron chi connectivity index (χ1n) is 7.26. The number of rotatable bonds is 5. The molecule has 0 aromatic heterocycles. The Balaban J connectivity index is 2.53. The van der Waals surface area contributed by atoms with Crippen LogP contribution < -0.4 is 5.32 Å². The third kappa shape index (κ3) is 3.70. The van der Waals surface area contributed by atoms with Crippen molar-refractivity contribution in [1.29, 1.82) is 5.26 Å².